The summed E-state index contributed by atoms with van der Waals surface area (Å²) in [6, 6.07) is 20.1. The van der Waals surface area contributed by atoms with Gasteiger partial charge in [0.05, 0.1) is 23.7 Å². The van der Waals surface area contributed by atoms with E-state index < -0.39 is 0 Å². The van der Waals surface area contributed by atoms with Gasteiger partial charge < -0.3 is 15.4 Å². The number of para-hydroxylation sites is 2. The van der Waals surface area contributed by atoms with E-state index >= 15 is 0 Å². The summed E-state index contributed by atoms with van der Waals surface area (Å²) >= 11 is 1.23. The standard InChI is InChI=1S/C26H23N5O3S/c1-15(2)16-8-11-18(12-9-16)27-23(32)17-10-13-19-21(14-17)29-26-31(24(19)33)30-25(35-26)28-20-6-4-5-7-22(20)34-3/h4-15H,1-3H3,(H,27,32)(H,28,30). The van der Waals surface area contributed by atoms with Gasteiger partial charge in [-0.05, 0) is 53.9 Å². The van der Waals surface area contributed by atoms with E-state index in [0.29, 0.717) is 43.9 Å². The number of nitrogens with zero attached hydrogens (tertiary/aromatic N) is 3. The largest absolute Gasteiger partial charge is 0.495 e. The van der Waals surface area contributed by atoms with Crippen LogP contribution in [0.2, 0.25) is 0 Å². The first-order chi connectivity index (χ1) is 16.9. The number of nitrogens with one attached hydrogen (secondary N) is 2. The van der Waals surface area contributed by atoms with Crippen molar-refractivity contribution in [3.05, 3.63) is 88.2 Å². The van der Waals surface area contributed by atoms with E-state index in [-0.39, 0.29) is 11.5 Å². The first-order valence-electron chi connectivity index (χ1n) is 11.1. The summed E-state index contributed by atoms with van der Waals surface area (Å²) in [5.41, 5.74) is 3.19. The van der Waals surface area contributed by atoms with Crippen LogP contribution in [0, 0.1) is 0 Å². The van der Waals surface area contributed by atoms with Gasteiger partial charge in [-0.3, -0.25) is 9.59 Å². The van der Waals surface area contributed by atoms with Crippen molar-refractivity contribution in [3.63, 3.8) is 0 Å². The zero-order valence-corrected chi connectivity index (χ0v) is 20.2. The lowest BCUT2D eigenvalue weighted by Crippen LogP contribution is -2.16. The maximum absolute atomic E-state index is 13.0. The third kappa shape index (κ3) is 4.45. The number of fused-ring (bicyclic) bond motifs is 2. The summed E-state index contributed by atoms with van der Waals surface area (Å²) in [5.74, 6) is 0.806. The molecule has 0 fully saturated rings. The Kier molecular flexibility index (Phi) is 5.92. The van der Waals surface area contributed by atoms with E-state index in [9.17, 15) is 9.59 Å². The Morgan fingerprint density at radius 2 is 1.83 bits per heavy atom. The van der Waals surface area contributed by atoms with E-state index in [1.54, 1.807) is 25.3 Å². The molecule has 176 valence electrons. The number of carbonyl (C=O) groups excluding carboxylic acids is 1. The van der Waals surface area contributed by atoms with E-state index in [4.69, 9.17) is 4.74 Å². The molecule has 0 aliphatic heterocycles. The molecule has 0 saturated carbocycles. The van der Waals surface area contributed by atoms with Gasteiger partial charge >= 0.3 is 0 Å². The molecule has 35 heavy (non-hydrogen) atoms. The van der Waals surface area contributed by atoms with Crippen molar-refractivity contribution in [2.24, 2.45) is 0 Å². The van der Waals surface area contributed by atoms with Crippen LogP contribution < -0.4 is 20.9 Å². The fourth-order valence-electron chi connectivity index (χ4n) is 3.72. The second-order valence-corrected chi connectivity index (χ2v) is 9.26. The summed E-state index contributed by atoms with van der Waals surface area (Å²) in [5, 5.41) is 11.3. The number of anilines is 3. The predicted molar refractivity (Wildman–Crippen MR) is 139 cm³/mol. The molecule has 0 atom stereocenters. The number of hydrogen-bond donors (Lipinski definition) is 2. The fourth-order valence-corrected chi connectivity index (χ4v) is 4.53. The van der Waals surface area contributed by atoms with Crippen LogP contribution in [0.25, 0.3) is 15.9 Å². The van der Waals surface area contributed by atoms with Gasteiger partial charge in [-0.1, -0.05) is 49.4 Å². The molecule has 3 aromatic carbocycles. The number of hydrogen-bond acceptors (Lipinski definition) is 7. The van der Waals surface area contributed by atoms with Gasteiger partial charge in [-0.2, -0.15) is 4.52 Å². The van der Waals surface area contributed by atoms with Crippen molar-refractivity contribution >= 4 is 49.6 Å². The van der Waals surface area contributed by atoms with Crippen LogP contribution in [-0.4, -0.2) is 27.6 Å². The van der Waals surface area contributed by atoms with Crippen molar-refractivity contribution in [2.45, 2.75) is 19.8 Å². The number of ether oxygens (including phenoxy) is 1. The molecule has 0 unspecified atom stereocenters. The molecular weight excluding hydrogens is 462 g/mol. The average Bonchev–Trinajstić information content (AvgIpc) is 3.27. The van der Waals surface area contributed by atoms with Gasteiger partial charge in [-0.15, -0.1) is 5.10 Å². The topological polar surface area (TPSA) is 97.6 Å². The van der Waals surface area contributed by atoms with Crippen LogP contribution in [0.4, 0.5) is 16.5 Å². The molecule has 5 aromatic rings. The predicted octanol–water partition coefficient (Wildman–Crippen LogP) is 5.43. The first-order valence-corrected chi connectivity index (χ1v) is 11.9. The van der Waals surface area contributed by atoms with Gasteiger partial charge in [0.25, 0.3) is 11.5 Å². The minimum Gasteiger partial charge on any atom is -0.495 e. The van der Waals surface area contributed by atoms with Crippen molar-refractivity contribution < 1.29 is 9.53 Å². The van der Waals surface area contributed by atoms with Gasteiger partial charge in [-0.25, -0.2) is 4.98 Å². The molecule has 2 aromatic heterocycles. The van der Waals surface area contributed by atoms with Crippen molar-refractivity contribution in [1.82, 2.24) is 14.6 Å². The molecule has 0 spiro atoms. The summed E-state index contributed by atoms with van der Waals surface area (Å²) < 4.78 is 6.63. The highest BCUT2D eigenvalue weighted by molar-refractivity contribution is 7.20. The Morgan fingerprint density at radius 1 is 1.06 bits per heavy atom. The minimum absolute atomic E-state index is 0.269. The van der Waals surface area contributed by atoms with E-state index in [0.717, 1.165) is 5.69 Å². The number of carbonyl (C=O) groups is 1. The molecular formula is C26H23N5O3S. The molecule has 9 heteroatoms. The second kappa shape index (κ2) is 9.19. The zero-order valence-electron chi connectivity index (χ0n) is 19.4. The Bertz CT molecular complexity index is 1610. The third-order valence-electron chi connectivity index (χ3n) is 5.64. The molecule has 0 aliphatic carbocycles. The minimum atomic E-state index is -0.300. The summed E-state index contributed by atoms with van der Waals surface area (Å²) in [6.45, 7) is 4.24. The monoisotopic (exact) mass is 485 g/mol. The number of benzene rings is 3. The Hall–Kier alpha value is -4.24. The number of aromatic nitrogens is 3. The van der Waals surface area contributed by atoms with Crippen molar-refractivity contribution in [2.75, 3.05) is 17.7 Å². The average molecular weight is 486 g/mol. The lowest BCUT2D eigenvalue weighted by molar-refractivity contribution is 0.102. The Balaban J connectivity index is 1.45. The highest BCUT2D eigenvalue weighted by atomic mass is 32.1. The third-order valence-corrected chi connectivity index (χ3v) is 6.47. The molecule has 0 bridgehead atoms. The van der Waals surface area contributed by atoms with Crippen molar-refractivity contribution in [3.8, 4) is 5.75 Å². The molecule has 2 heterocycles. The Labute approximate surface area is 205 Å². The van der Waals surface area contributed by atoms with Crippen molar-refractivity contribution in [1.29, 1.82) is 0 Å². The molecule has 0 saturated heterocycles. The highest BCUT2D eigenvalue weighted by Gasteiger charge is 2.15. The molecule has 2 N–H and O–H groups in total. The molecule has 1 amide bonds. The van der Waals surface area contributed by atoms with Crippen LogP contribution in [-0.2, 0) is 0 Å². The second-order valence-electron chi connectivity index (χ2n) is 8.31. The van der Waals surface area contributed by atoms with E-state index in [2.05, 4.69) is 34.6 Å². The number of methoxy groups -OCH3 is 1. The van der Waals surface area contributed by atoms with Crippen LogP contribution in [0.1, 0.15) is 35.7 Å². The summed E-state index contributed by atoms with van der Waals surface area (Å²) in [7, 11) is 1.59. The van der Waals surface area contributed by atoms with Gasteiger partial charge in [0.1, 0.15) is 5.75 Å². The van der Waals surface area contributed by atoms with Gasteiger partial charge in [0, 0.05) is 11.3 Å². The van der Waals surface area contributed by atoms with Gasteiger partial charge in [0.15, 0.2) is 0 Å². The van der Waals surface area contributed by atoms with Gasteiger partial charge in [0.2, 0.25) is 10.1 Å². The van der Waals surface area contributed by atoms with Crippen LogP contribution in [0.3, 0.4) is 0 Å². The lowest BCUT2D eigenvalue weighted by Gasteiger charge is -2.09. The van der Waals surface area contributed by atoms with Crippen LogP contribution in [0.5, 0.6) is 5.75 Å². The van der Waals surface area contributed by atoms with Crippen LogP contribution in [0.15, 0.2) is 71.5 Å². The maximum atomic E-state index is 13.0. The Morgan fingerprint density at radius 3 is 2.57 bits per heavy atom. The fraction of sp³-hybridized carbons (Fsp3) is 0.154. The summed E-state index contributed by atoms with van der Waals surface area (Å²) in [6.07, 6.45) is 0. The normalized spacial score (nSPS) is 11.2. The molecule has 8 nitrogen and oxygen atoms in total. The SMILES string of the molecule is COc1ccccc1Nc1nn2c(=O)c3ccc(C(=O)Nc4ccc(C(C)C)cc4)cc3nc2s1. The maximum Gasteiger partial charge on any atom is 0.283 e. The lowest BCUT2D eigenvalue weighted by atomic mass is 10.0. The quantitative estimate of drug-likeness (QED) is 0.333. The smallest absolute Gasteiger partial charge is 0.283 e. The number of amides is 1. The highest BCUT2D eigenvalue weighted by Crippen LogP contribution is 2.29. The van der Waals surface area contributed by atoms with E-state index in [1.165, 1.54) is 21.4 Å². The first kappa shape index (κ1) is 22.5. The molecule has 0 radical (unpaired) electrons. The summed E-state index contributed by atoms with van der Waals surface area (Å²) in [4.78, 5) is 30.9. The molecule has 5 rings (SSSR count). The molecule has 0 aliphatic rings. The number of rotatable bonds is 6. The van der Waals surface area contributed by atoms with Crippen LogP contribution >= 0.6 is 11.3 Å². The zero-order chi connectivity index (χ0) is 24.5. The van der Waals surface area contributed by atoms with E-state index in [1.807, 2.05) is 48.5 Å².